The van der Waals surface area contributed by atoms with Crippen LogP contribution in [0.2, 0.25) is 0 Å². The molecule has 0 bridgehead atoms. The van der Waals surface area contributed by atoms with Crippen LogP contribution in [0.4, 0.5) is 0 Å². The van der Waals surface area contributed by atoms with E-state index in [0.29, 0.717) is 5.92 Å². The number of aromatic amines is 1. The first-order valence-corrected chi connectivity index (χ1v) is 5.01. The van der Waals surface area contributed by atoms with Gasteiger partial charge < -0.3 is 4.74 Å². The summed E-state index contributed by atoms with van der Waals surface area (Å²) >= 11 is 0. The molecule has 1 unspecified atom stereocenters. The average Bonchev–Trinajstić information content (AvgIpc) is 2.71. The third-order valence-corrected chi connectivity index (χ3v) is 2.62. The molecule has 72 valence electrons. The van der Waals surface area contributed by atoms with Gasteiger partial charge in [0.1, 0.15) is 0 Å². The van der Waals surface area contributed by atoms with Gasteiger partial charge in [-0.1, -0.05) is 13.3 Å². The number of aryl methyl sites for hydroxylation is 1. The summed E-state index contributed by atoms with van der Waals surface area (Å²) in [5, 5.41) is 7.18. The van der Waals surface area contributed by atoms with E-state index in [1.54, 1.807) is 0 Å². The van der Waals surface area contributed by atoms with Gasteiger partial charge in [0.05, 0.1) is 12.8 Å². The quantitative estimate of drug-likeness (QED) is 0.771. The fourth-order valence-electron chi connectivity index (χ4n) is 1.90. The molecule has 0 aromatic carbocycles. The number of ether oxygens (including phenoxy) is 1. The summed E-state index contributed by atoms with van der Waals surface area (Å²) in [5.41, 5.74) is 2.68. The first-order valence-electron chi connectivity index (χ1n) is 5.01. The highest BCUT2D eigenvalue weighted by Crippen LogP contribution is 2.27. The number of rotatable bonds is 3. The zero-order valence-corrected chi connectivity index (χ0v) is 8.05. The first-order chi connectivity index (χ1) is 6.42. The van der Waals surface area contributed by atoms with Crippen LogP contribution in [-0.2, 0) is 11.2 Å². The van der Waals surface area contributed by atoms with Gasteiger partial charge in [-0.2, -0.15) is 5.10 Å². The molecule has 1 atom stereocenters. The molecule has 1 aromatic heterocycles. The lowest BCUT2D eigenvalue weighted by Gasteiger charge is -2.06. The molecule has 1 saturated heterocycles. The molecule has 0 radical (unpaired) electrons. The third kappa shape index (κ3) is 1.75. The van der Waals surface area contributed by atoms with Crippen molar-refractivity contribution in [1.82, 2.24) is 10.2 Å². The first kappa shape index (κ1) is 8.75. The lowest BCUT2D eigenvalue weighted by molar-refractivity contribution is 0.194. The minimum Gasteiger partial charge on any atom is -0.381 e. The van der Waals surface area contributed by atoms with Crippen molar-refractivity contribution >= 4 is 0 Å². The monoisotopic (exact) mass is 180 g/mol. The Morgan fingerprint density at radius 2 is 2.62 bits per heavy atom. The summed E-state index contributed by atoms with van der Waals surface area (Å²) in [5.74, 6) is 0.584. The minimum absolute atomic E-state index is 0.584. The number of hydrogen-bond acceptors (Lipinski definition) is 2. The van der Waals surface area contributed by atoms with Gasteiger partial charge in [0.2, 0.25) is 0 Å². The Bertz CT molecular complexity index is 264. The Kier molecular flexibility index (Phi) is 2.64. The highest BCUT2D eigenvalue weighted by molar-refractivity contribution is 5.22. The summed E-state index contributed by atoms with van der Waals surface area (Å²) in [6.45, 7) is 3.97. The van der Waals surface area contributed by atoms with Crippen molar-refractivity contribution in [3.63, 3.8) is 0 Å². The molecule has 0 saturated carbocycles. The lowest BCUT2D eigenvalue weighted by atomic mass is 9.97. The Morgan fingerprint density at radius 3 is 3.31 bits per heavy atom. The highest BCUT2D eigenvalue weighted by atomic mass is 16.5. The average molecular weight is 180 g/mol. The topological polar surface area (TPSA) is 37.9 Å². The van der Waals surface area contributed by atoms with Crippen LogP contribution in [0.1, 0.15) is 36.9 Å². The van der Waals surface area contributed by atoms with Crippen molar-refractivity contribution in [3.05, 3.63) is 17.5 Å². The van der Waals surface area contributed by atoms with E-state index in [-0.39, 0.29) is 0 Å². The molecule has 2 heterocycles. The molecule has 1 fully saturated rings. The highest BCUT2D eigenvalue weighted by Gasteiger charge is 2.21. The number of hydrogen-bond donors (Lipinski definition) is 1. The van der Waals surface area contributed by atoms with E-state index in [9.17, 15) is 0 Å². The second kappa shape index (κ2) is 3.92. The zero-order valence-electron chi connectivity index (χ0n) is 8.05. The second-order valence-corrected chi connectivity index (χ2v) is 3.61. The molecule has 1 aliphatic rings. The van der Waals surface area contributed by atoms with Crippen LogP contribution >= 0.6 is 0 Å². The van der Waals surface area contributed by atoms with Gasteiger partial charge in [0.15, 0.2) is 0 Å². The lowest BCUT2D eigenvalue weighted by Crippen LogP contribution is -2.00. The maximum absolute atomic E-state index is 5.37. The number of nitrogens with one attached hydrogen (secondary N) is 1. The Balaban J connectivity index is 2.13. The van der Waals surface area contributed by atoms with Gasteiger partial charge in [0, 0.05) is 18.2 Å². The molecule has 0 amide bonds. The van der Waals surface area contributed by atoms with E-state index in [4.69, 9.17) is 4.74 Å². The maximum atomic E-state index is 5.37. The van der Waals surface area contributed by atoms with Crippen molar-refractivity contribution in [2.24, 2.45) is 0 Å². The van der Waals surface area contributed by atoms with E-state index < -0.39 is 0 Å². The van der Waals surface area contributed by atoms with Crippen molar-refractivity contribution in [2.45, 2.75) is 32.1 Å². The molecule has 1 N–H and O–H groups in total. The molecule has 0 spiro atoms. The van der Waals surface area contributed by atoms with Gasteiger partial charge in [-0.15, -0.1) is 0 Å². The fraction of sp³-hybridized carbons (Fsp3) is 0.700. The molecule has 13 heavy (non-hydrogen) atoms. The molecule has 3 heteroatoms. The normalized spacial score (nSPS) is 22.4. The molecular weight excluding hydrogens is 164 g/mol. The van der Waals surface area contributed by atoms with Crippen LogP contribution in [0.5, 0.6) is 0 Å². The van der Waals surface area contributed by atoms with Gasteiger partial charge in [-0.25, -0.2) is 0 Å². The zero-order chi connectivity index (χ0) is 9.10. The maximum Gasteiger partial charge on any atom is 0.0536 e. The molecule has 0 aliphatic carbocycles. The molecular formula is C10H16N2O. The molecule has 2 rings (SSSR count). The molecule has 1 aromatic rings. The van der Waals surface area contributed by atoms with E-state index in [1.807, 2.05) is 6.20 Å². The van der Waals surface area contributed by atoms with Crippen molar-refractivity contribution in [3.8, 4) is 0 Å². The van der Waals surface area contributed by atoms with Gasteiger partial charge in [0.25, 0.3) is 0 Å². The largest absolute Gasteiger partial charge is 0.381 e. The second-order valence-electron chi connectivity index (χ2n) is 3.61. The van der Waals surface area contributed by atoms with Crippen LogP contribution in [0.25, 0.3) is 0 Å². The van der Waals surface area contributed by atoms with Crippen molar-refractivity contribution < 1.29 is 4.74 Å². The summed E-state index contributed by atoms with van der Waals surface area (Å²) < 4.78 is 5.37. The SMILES string of the molecule is CCCc1[nH]ncc1C1CCOC1. The summed E-state index contributed by atoms with van der Waals surface area (Å²) in [4.78, 5) is 0. The van der Waals surface area contributed by atoms with Gasteiger partial charge >= 0.3 is 0 Å². The van der Waals surface area contributed by atoms with Crippen LogP contribution in [0.3, 0.4) is 0 Å². The summed E-state index contributed by atoms with van der Waals surface area (Å²) in [6, 6.07) is 0. The van der Waals surface area contributed by atoms with E-state index in [2.05, 4.69) is 17.1 Å². The van der Waals surface area contributed by atoms with E-state index in [0.717, 1.165) is 26.1 Å². The van der Waals surface area contributed by atoms with Gasteiger partial charge in [-0.3, -0.25) is 5.10 Å². The van der Waals surface area contributed by atoms with E-state index in [1.165, 1.54) is 17.7 Å². The van der Waals surface area contributed by atoms with Gasteiger partial charge in [-0.05, 0) is 18.4 Å². The smallest absolute Gasteiger partial charge is 0.0536 e. The van der Waals surface area contributed by atoms with Crippen LogP contribution in [0, 0.1) is 0 Å². The number of aromatic nitrogens is 2. The van der Waals surface area contributed by atoms with Crippen molar-refractivity contribution in [1.29, 1.82) is 0 Å². The predicted octanol–water partition coefficient (Wildman–Crippen LogP) is 1.87. The number of H-pyrrole nitrogens is 1. The van der Waals surface area contributed by atoms with E-state index >= 15 is 0 Å². The number of nitrogens with zero attached hydrogens (tertiary/aromatic N) is 1. The molecule has 1 aliphatic heterocycles. The van der Waals surface area contributed by atoms with Crippen LogP contribution < -0.4 is 0 Å². The third-order valence-electron chi connectivity index (χ3n) is 2.62. The molecule has 3 nitrogen and oxygen atoms in total. The Labute approximate surface area is 78.5 Å². The Morgan fingerprint density at radius 1 is 1.69 bits per heavy atom. The van der Waals surface area contributed by atoms with Crippen LogP contribution in [0.15, 0.2) is 6.20 Å². The fourth-order valence-corrected chi connectivity index (χ4v) is 1.90. The summed E-state index contributed by atoms with van der Waals surface area (Å²) in [7, 11) is 0. The Hall–Kier alpha value is -0.830. The van der Waals surface area contributed by atoms with Crippen LogP contribution in [-0.4, -0.2) is 23.4 Å². The minimum atomic E-state index is 0.584. The predicted molar refractivity (Wildman–Crippen MR) is 50.8 cm³/mol. The van der Waals surface area contributed by atoms with Crippen molar-refractivity contribution in [2.75, 3.05) is 13.2 Å². The standard InChI is InChI=1S/C10H16N2O/c1-2-3-10-9(6-11-12-10)8-4-5-13-7-8/h6,8H,2-5,7H2,1H3,(H,11,12). The summed E-state index contributed by atoms with van der Waals surface area (Å²) in [6.07, 6.45) is 5.38.